The smallest absolute Gasteiger partial charge is 0.263 e. The fraction of sp³-hybridized carbons (Fsp3) is 0.350. The maximum atomic E-state index is 13.0. The van der Waals surface area contributed by atoms with Gasteiger partial charge in [-0.2, -0.15) is 0 Å². The lowest BCUT2D eigenvalue weighted by Crippen LogP contribution is -2.41. The molecule has 1 aromatic carbocycles. The molecule has 0 spiro atoms. The zero-order valence-electron chi connectivity index (χ0n) is 14.7. The molecule has 3 aromatic rings. The van der Waals surface area contributed by atoms with Crippen LogP contribution in [0.2, 0.25) is 0 Å². The summed E-state index contributed by atoms with van der Waals surface area (Å²) in [6, 6.07) is 9.83. The van der Waals surface area contributed by atoms with Crippen LogP contribution < -0.4 is 5.56 Å². The largest absolute Gasteiger partial charge is 0.341 e. The monoisotopic (exact) mass is 367 g/mol. The number of benzene rings is 1. The van der Waals surface area contributed by atoms with Crippen molar-refractivity contribution in [2.24, 2.45) is 5.92 Å². The van der Waals surface area contributed by atoms with Crippen molar-refractivity contribution >= 4 is 27.5 Å². The van der Waals surface area contributed by atoms with Gasteiger partial charge in [0.25, 0.3) is 5.56 Å². The molecule has 0 unspecified atom stereocenters. The summed E-state index contributed by atoms with van der Waals surface area (Å²) < 4.78 is 1.45. The van der Waals surface area contributed by atoms with Gasteiger partial charge in [-0.3, -0.25) is 14.2 Å². The Labute approximate surface area is 155 Å². The van der Waals surface area contributed by atoms with Crippen molar-refractivity contribution in [2.75, 3.05) is 13.1 Å². The van der Waals surface area contributed by atoms with E-state index in [-0.39, 0.29) is 18.0 Å². The van der Waals surface area contributed by atoms with Crippen molar-refractivity contribution in [1.29, 1.82) is 0 Å². The minimum atomic E-state index is -0.145. The number of aromatic nitrogens is 2. The molecule has 0 N–H and O–H groups in total. The first-order valence-corrected chi connectivity index (χ1v) is 9.81. The first kappa shape index (κ1) is 17.0. The third-order valence-electron chi connectivity index (χ3n) is 5.09. The Balaban J connectivity index is 1.65. The van der Waals surface area contributed by atoms with Crippen LogP contribution in [0.1, 0.15) is 19.8 Å². The van der Waals surface area contributed by atoms with Crippen LogP contribution in [0.25, 0.3) is 21.3 Å². The van der Waals surface area contributed by atoms with Crippen molar-refractivity contribution < 1.29 is 4.79 Å². The van der Waals surface area contributed by atoms with Crippen LogP contribution in [0.4, 0.5) is 0 Å². The number of thiophene rings is 1. The zero-order valence-corrected chi connectivity index (χ0v) is 15.5. The van der Waals surface area contributed by atoms with E-state index in [0.717, 1.165) is 37.1 Å². The molecule has 0 radical (unpaired) electrons. The molecule has 0 atom stereocenters. The van der Waals surface area contributed by atoms with Gasteiger partial charge in [-0.1, -0.05) is 37.3 Å². The Bertz CT molecular complexity index is 985. The fourth-order valence-corrected chi connectivity index (χ4v) is 4.32. The van der Waals surface area contributed by atoms with Crippen LogP contribution in [0.3, 0.4) is 0 Å². The Morgan fingerprint density at radius 2 is 1.96 bits per heavy atom. The van der Waals surface area contributed by atoms with Gasteiger partial charge in [0.15, 0.2) is 0 Å². The van der Waals surface area contributed by atoms with Gasteiger partial charge in [0.05, 0.1) is 11.7 Å². The number of likely N-dealkylation sites (tertiary alicyclic amines) is 1. The number of rotatable bonds is 3. The van der Waals surface area contributed by atoms with E-state index in [1.807, 2.05) is 40.6 Å². The van der Waals surface area contributed by atoms with Crippen molar-refractivity contribution in [3.8, 4) is 11.1 Å². The third kappa shape index (κ3) is 3.17. The van der Waals surface area contributed by atoms with Crippen LogP contribution in [0.15, 0.2) is 46.8 Å². The predicted octanol–water partition coefficient (Wildman–Crippen LogP) is 3.38. The number of piperidine rings is 1. The van der Waals surface area contributed by atoms with E-state index in [0.29, 0.717) is 16.1 Å². The highest BCUT2D eigenvalue weighted by atomic mass is 32.1. The van der Waals surface area contributed by atoms with E-state index in [4.69, 9.17) is 0 Å². The second-order valence-electron chi connectivity index (χ2n) is 6.94. The van der Waals surface area contributed by atoms with E-state index >= 15 is 0 Å². The van der Waals surface area contributed by atoms with E-state index < -0.39 is 0 Å². The number of amides is 1. The number of hydrogen-bond donors (Lipinski definition) is 0. The summed E-state index contributed by atoms with van der Waals surface area (Å²) >= 11 is 1.46. The number of carbonyl (C=O) groups excluding carboxylic acids is 1. The minimum Gasteiger partial charge on any atom is -0.341 e. The van der Waals surface area contributed by atoms with Crippen LogP contribution in [0.5, 0.6) is 0 Å². The highest BCUT2D eigenvalue weighted by molar-refractivity contribution is 7.17. The summed E-state index contributed by atoms with van der Waals surface area (Å²) in [5, 5.41) is 2.57. The van der Waals surface area contributed by atoms with Crippen LogP contribution >= 0.6 is 11.3 Å². The molecule has 0 aliphatic carbocycles. The summed E-state index contributed by atoms with van der Waals surface area (Å²) in [6.07, 6.45) is 3.56. The molecule has 5 nitrogen and oxygen atoms in total. The third-order valence-corrected chi connectivity index (χ3v) is 5.97. The van der Waals surface area contributed by atoms with Crippen LogP contribution in [-0.4, -0.2) is 33.4 Å². The highest BCUT2D eigenvalue weighted by Gasteiger charge is 2.21. The standard InChI is InChI=1S/C20H21N3O2S/c1-14-7-9-22(10-8-14)17(24)11-23-13-21-19-18(20(23)25)16(12-26-19)15-5-3-2-4-6-15/h2-6,12-14H,7-11H2,1H3. The Morgan fingerprint density at radius 3 is 2.69 bits per heavy atom. The number of fused-ring (bicyclic) bond motifs is 1. The second kappa shape index (κ2) is 7.03. The summed E-state index contributed by atoms with van der Waals surface area (Å²) in [5.41, 5.74) is 1.73. The molecule has 0 saturated carbocycles. The summed E-state index contributed by atoms with van der Waals surface area (Å²) in [4.78, 5) is 32.6. The lowest BCUT2D eigenvalue weighted by molar-refractivity contribution is -0.133. The normalized spacial score (nSPS) is 15.5. The molecule has 1 aliphatic rings. The first-order valence-electron chi connectivity index (χ1n) is 8.93. The molecule has 1 saturated heterocycles. The fourth-order valence-electron chi connectivity index (χ4n) is 3.41. The lowest BCUT2D eigenvalue weighted by Gasteiger charge is -2.30. The van der Waals surface area contributed by atoms with Crippen molar-refractivity contribution in [2.45, 2.75) is 26.3 Å². The molecule has 26 heavy (non-hydrogen) atoms. The summed E-state index contributed by atoms with van der Waals surface area (Å²) in [6.45, 7) is 3.82. The molecule has 1 aliphatic heterocycles. The minimum absolute atomic E-state index is 0.00311. The Hall–Kier alpha value is -2.47. The van der Waals surface area contributed by atoms with Crippen LogP contribution in [-0.2, 0) is 11.3 Å². The number of nitrogens with zero attached hydrogens (tertiary/aromatic N) is 3. The van der Waals surface area contributed by atoms with E-state index in [1.54, 1.807) is 0 Å². The molecule has 1 amide bonds. The molecule has 134 valence electrons. The van der Waals surface area contributed by atoms with Gasteiger partial charge in [-0.25, -0.2) is 4.98 Å². The molecule has 2 aromatic heterocycles. The van der Waals surface area contributed by atoms with Gasteiger partial charge in [0, 0.05) is 24.0 Å². The molecular weight excluding hydrogens is 346 g/mol. The summed E-state index contributed by atoms with van der Waals surface area (Å²) in [7, 11) is 0. The van der Waals surface area contributed by atoms with Gasteiger partial charge in [0.1, 0.15) is 11.4 Å². The maximum Gasteiger partial charge on any atom is 0.263 e. The molecule has 6 heteroatoms. The molecule has 4 rings (SSSR count). The van der Waals surface area contributed by atoms with Crippen molar-refractivity contribution in [1.82, 2.24) is 14.5 Å². The van der Waals surface area contributed by atoms with Gasteiger partial charge in [-0.15, -0.1) is 11.3 Å². The Morgan fingerprint density at radius 1 is 1.23 bits per heavy atom. The quantitative estimate of drug-likeness (QED) is 0.713. The van der Waals surface area contributed by atoms with Gasteiger partial charge in [-0.05, 0) is 24.3 Å². The van der Waals surface area contributed by atoms with Crippen molar-refractivity contribution in [3.05, 3.63) is 52.4 Å². The number of hydrogen-bond acceptors (Lipinski definition) is 4. The molecule has 1 fully saturated rings. The SMILES string of the molecule is CC1CCN(C(=O)Cn2cnc3scc(-c4ccccc4)c3c2=O)CC1. The topological polar surface area (TPSA) is 55.2 Å². The maximum absolute atomic E-state index is 13.0. The first-order chi connectivity index (χ1) is 12.6. The van der Waals surface area contributed by atoms with E-state index in [2.05, 4.69) is 11.9 Å². The average Bonchev–Trinajstić information content (AvgIpc) is 3.10. The van der Waals surface area contributed by atoms with Crippen LogP contribution in [0, 0.1) is 5.92 Å². The molecular formula is C20H21N3O2S. The zero-order chi connectivity index (χ0) is 18.1. The van der Waals surface area contributed by atoms with Gasteiger partial charge >= 0.3 is 0 Å². The van der Waals surface area contributed by atoms with Crippen molar-refractivity contribution in [3.63, 3.8) is 0 Å². The second-order valence-corrected chi connectivity index (χ2v) is 7.79. The Kier molecular flexibility index (Phi) is 4.59. The van der Waals surface area contributed by atoms with E-state index in [1.165, 1.54) is 22.2 Å². The number of carbonyl (C=O) groups is 1. The van der Waals surface area contributed by atoms with Gasteiger partial charge in [0.2, 0.25) is 5.91 Å². The molecule has 3 heterocycles. The average molecular weight is 367 g/mol. The molecule has 0 bridgehead atoms. The summed E-state index contributed by atoms with van der Waals surface area (Å²) in [5.74, 6) is 0.663. The predicted molar refractivity (Wildman–Crippen MR) is 104 cm³/mol. The lowest BCUT2D eigenvalue weighted by atomic mass is 9.99. The highest BCUT2D eigenvalue weighted by Crippen LogP contribution is 2.30. The van der Waals surface area contributed by atoms with E-state index in [9.17, 15) is 9.59 Å². The van der Waals surface area contributed by atoms with Gasteiger partial charge < -0.3 is 4.90 Å².